The first-order valence-corrected chi connectivity index (χ1v) is 4.92. The maximum atomic E-state index is 11.4. The normalized spacial score (nSPS) is 11.3. The van der Waals surface area contributed by atoms with Crippen LogP contribution in [0.2, 0.25) is 0 Å². The Morgan fingerprint density at radius 1 is 1.28 bits per heavy atom. The second kappa shape index (κ2) is 6.18. The zero-order valence-electron chi connectivity index (χ0n) is 9.16. The molecule has 0 aliphatic heterocycles. The third kappa shape index (κ3) is 4.47. The van der Waals surface area contributed by atoms with Gasteiger partial charge in [-0.25, -0.2) is 14.6 Å². The van der Waals surface area contributed by atoms with Gasteiger partial charge < -0.3 is 15.5 Å². The van der Waals surface area contributed by atoms with Crippen molar-refractivity contribution in [1.29, 1.82) is 0 Å². The molecule has 0 aliphatic carbocycles. The lowest BCUT2D eigenvalue weighted by atomic mass is 10.2. The first-order valence-electron chi connectivity index (χ1n) is 4.92. The summed E-state index contributed by atoms with van der Waals surface area (Å²) in [6.07, 6.45) is 0.743. The van der Waals surface area contributed by atoms with E-state index >= 15 is 0 Å². The summed E-state index contributed by atoms with van der Waals surface area (Å²) in [5.41, 5.74) is 0. The summed E-state index contributed by atoms with van der Waals surface area (Å²) in [6.45, 7) is 0. The highest BCUT2D eigenvalue weighted by molar-refractivity contribution is 5.92. The predicted molar refractivity (Wildman–Crippen MR) is 60.1 cm³/mol. The van der Waals surface area contributed by atoms with Crippen molar-refractivity contribution in [2.45, 2.75) is 12.5 Å². The fraction of sp³-hybridized carbons (Fsp3) is 0.200. The van der Waals surface area contributed by atoms with E-state index in [1.165, 1.54) is 12.3 Å². The number of amides is 2. The van der Waals surface area contributed by atoms with E-state index in [1.54, 1.807) is 12.1 Å². The molecule has 1 atom stereocenters. The number of hydrogen-bond acceptors (Lipinski definition) is 4. The Balaban J connectivity index is 2.56. The summed E-state index contributed by atoms with van der Waals surface area (Å²) in [6, 6.07) is 2.46. The molecule has 0 aromatic carbocycles. The number of pyridine rings is 1. The zero-order valence-corrected chi connectivity index (χ0v) is 9.16. The SMILES string of the molecule is O=C(O)CC(NC(=O)Nc1ccccn1)C(=O)O. The number of urea groups is 1. The van der Waals surface area contributed by atoms with Crippen LogP contribution in [0.3, 0.4) is 0 Å². The number of aromatic nitrogens is 1. The molecule has 8 heteroatoms. The smallest absolute Gasteiger partial charge is 0.326 e. The van der Waals surface area contributed by atoms with Crippen LogP contribution in [0.5, 0.6) is 0 Å². The van der Waals surface area contributed by atoms with Crippen molar-refractivity contribution in [3.63, 3.8) is 0 Å². The minimum absolute atomic E-state index is 0.231. The zero-order chi connectivity index (χ0) is 13.5. The molecule has 2 amide bonds. The topological polar surface area (TPSA) is 129 Å². The third-order valence-corrected chi connectivity index (χ3v) is 1.89. The molecule has 0 saturated carbocycles. The Kier molecular flexibility index (Phi) is 4.61. The number of anilines is 1. The predicted octanol–water partition coefficient (Wildman–Crippen LogP) is 0.131. The molecular formula is C10H11N3O5. The maximum Gasteiger partial charge on any atom is 0.326 e. The summed E-state index contributed by atoms with van der Waals surface area (Å²) in [5, 5.41) is 21.5. The van der Waals surface area contributed by atoms with Crippen molar-refractivity contribution >= 4 is 23.8 Å². The molecule has 0 saturated heterocycles. The van der Waals surface area contributed by atoms with Crippen molar-refractivity contribution in [3.8, 4) is 0 Å². The van der Waals surface area contributed by atoms with Gasteiger partial charge in [0.15, 0.2) is 0 Å². The van der Waals surface area contributed by atoms with E-state index in [0.717, 1.165) is 0 Å². The van der Waals surface area contributed by atoms with Crippen LogP contribution in [0.25, 0.3) is 0 Å². The molecule has 0 radical (unpaired) electrons. The molecule has 8 nitrogen and oxygen atoms in total. The lowest BCUT2D eigenvalue weighted by Crippen LogP contribution is -2.44. The number of aliphatic carboxylic acids is 2. The number of nitrogens with zero attached hydrogens (tertiary/aromatic N) is 1. The van der Waals surface area contributed by atoms with Gasteiger partial charge in [0.2, 0.25) is 0 Å². The van der Waals surface area contributed by atoms with E-state index < -0.39 is 30.4 Å². The Hall–Kier alpha value is -2.64. The van der Waals surface area contributed by atoms with Gasteiger partial charge in [0, 0.05) is 6.20 Å². The summed E-state index contributed by atoms with van der Waals surface area (Å²) in [5.74, 6) is -2.51. The Bertz CT molecular complexity index is 448. The van der Waals surface area contributed by atoms with Crippen LogP contribution in [0.1, 0.15) is 6.42 Å². The number of rotatable bonds is 5. The molecule has 1 unspecified atom stereocenters. The highest BCUT2D eigenvalue weighted by Gasteiger charge is 2.22. The quantitative estimate of drug-likeness (QED) is 0.590. The second-order valence-corrected chi connectivity index (χ2v) is 3.30. The van der Waals surface area contributed by atoms with E-state index in [4.69, 9.17) is 10.2 Å². The van der Waals surface area contributed by atoms with Crippen LogP contribution in [0, 0.1) is 0 Å². The molecule has 18 heavy (non-hydrogen) atoms. The minimum atomic E-state index is -1.49. The largest absolute Gasteiger partial charge is 0.481 e. The average molecular weight is 253 g/mol. The van der Waals surface area contributed by atoms with Gasteiger partial charge in [-0.1, -0.05) is 6.07 Å². The summed E-state index contributed by atoms with van der Waals surface area (Å²) >= 11 is 0. The highest BCUT2D eigenvalue weighted by atomic mass is 16.4. The fourth-order valence-electron chi connectivity index (χ4n) is 1.12. The first kappa shape index (κ1) is 13.4. The maximum absolute atomic E-state index is 11.4. The van der Waals surface area contributed by atoms with Gasteiger partial charge in [0.25, 0.3) is 0 Å². The van der Waals surface area contributed by atoms with Crippen molar-refractivity contribution in [2.75, 3.05) is 5.32 Å². The molecule has 0 spiro atoms. The molecule has 1 rings (SSSR count). The summed E-state index contributed by atoms with van der Waals surface area (Å²) in [4.78, 5) is 36.3. The van der Waals surface area contributed by atoms with Crippen molar-refractivity contribution in [3.05, 3.63) is 24.4 Å². The van der Waals surface area contributed by atoms with Gasteiger partial charge in [-0.05, 0) is 12.1 Å². The molecule has 0 fully saturated rings. The van der Waals surface area contributed by atoms with Crippen molar-refractivity contribution in [1.82, 2.24) is 10.3 Å². The monoisotopic (exact) mass is 253 g/mol. The van der Waals surface area contributed by atoms with E-state index in [1.807, 2.05) is 5.32 Å². The van der Waals surface area contributed by atoms with Crippen LogP contribution in [0.4, 0.5) is 10.6 Å². The second-order valence-electron chi connectivity index (χ2n) is 3.30. The van der Waals surface area contributed by atoms with Gasteiger partial charge in [0.05, 0.1) is 6.42 Å². The van der Waals surface area contributed by atoms with Crippen molar-refractivity contribution in [2.24, 2.45) is 0 Å². The van der Waals surface area contributed by atoms with E-state index in [-0.39, 0.29) is 5.82 Å². The summed E-state index contributed by atoms with van der Waals surface area (Å²) in [7, 11) is 0. The molecule has 0 aliphatic rings. The van der Waals surface area contributed by atoms with E-state index in [0.29, 0.717) is 0 Å². The first-order chi connectivity index (χ1) is 8.49. The average Bonchev–Trinajstić information content (AvgIpc) is 2.28. The Morgan fingerprint density at radius 3 is 2.50 bits per heavy atom. The molecule has 96 valence electrons. The third-order valence-electron chi connectivity index (χ3n) is 1.89. The molecular weight excluding hydrogens is 242 g/mol. The molecule has 0 bridgehead atoms. The molecule has 1 aromatic rings. The van der Waals surface area contributed by atoms with Gasteiger partial charge >= 0.3 is 18.0 Å². The minimum Gasteiger partial charge on any atom is -0.481 e. The summed E-state index contributed by atoms with van der Waals surface area (Å²) < 4.78 is 0. The number of carboxylic acids is 2. The number of nitrogens with one attached hydrogen (secondary N) is 2. The molecule has 1 heterocycles. The van der Waals surface area contributed by atoms with Gasteiger partial charge in [-0.15, -0.1) is 0 Å². The van der Waals surface area contributed by atoms with Gasteiger partial charge in [0.1, 0.15) is 11.9 Å². The van der Waals surface area contributed by atoms with Gasteiger partial charge in [-0.3, -0.25) is 10.1 Å². The van der Waals surface area contributed by atoms with Crippen molar-refractivity contribution < 1.29 is 24.6 Å². The lowest BCUT2D eigenvalue weighted by Gasteiger charge is -2.12. The molecule has 4 N–H and O–H groups in total. The van der Waals surface area contributed by atoms with Crippen LogP contribution < -0.4 is 10.6 Å². The Morgan fingerprint density at radius 2 is 2.00 bits per heavy atom. The standard InChI is InChI=1S/C10H11N3O5/c14-8(15)5-6(9(16)17)12-10(18)13-7-3-1-2-4-11-7/h1-4,6H,5H2,(H,14,15)(H,16,17)(H2,11,12,13,18). The Labute approximate surface area is 102 Å². The fourth-order valence-corrected chi connectivity index (χ4v) is 1.12. The van der Waals surface area contributed by atoms with Crippen LogP contribution in [-0.4, -0.2) is 39.2 Å². The van der Waals surface area contributed by atoms with Crippen LogP contribution in [-0.2, 0) is 9.59 Å². The highest BCUT2D eigenvalue weighted by Crippen LogP contribution is 2.00. The molecule has 1 aromatic heterocycles. The van der Waals surface area contributed by atoms with Gasteiger partial charge in [-0.2, -0.15) is 0 Å². The number of carbonyl (C=O) groups excluding carboxylic acids is 1. The number of carboxylic acid groups (broad SMARTS) is 2. The van der Waals surface area contributed by atoms with E-state index in [2.05, 4.69) is 10.3 Å². The van der Waals surface area contributed by atoms with E-state index in [9.17, 15) is 14.4 Å². The van der Waals surface area contributed by atoms with Crippen LogP contribution >= 0.6 is 0 Å². The number of hydrogen-bond donors (Lipinski definition) is 4. The lowest BCUT2D eigenvalue weighted by molar-refractivity contribution is -0.145. The van der Waals surface area contributed by atoms with Crippen LogP contribution in [0.15, 0.2) is 24.4 Å². The number of carbonyl (C=O) groups is 3.